The number of aromatic nitrogens is 2. The van der Waals surface area contributed by atoms with Crippen LogP contribution in [0, 0.1) is 0 Å². The van der Waals surface area contributed by atoms with Crippen LogP contribution in [0.15, 0.2) is 48.7 Å². The van der Waals surface area contributed by atoms with Gasteiger partial charge in [0.15, 0.2) is 5.95 Å². The maximum atomic E-state index is 12.0. The highest BCUT2D eigenvalue weighted by Crippen LogP contribution is 2.23. The van der Waals surface area contributed by atoms with Crippen LogP contribution in [0.4, 0.5) is 22.1 Å². The number of hydrogen-bond donors (Lipinski definition) is 4. The highest BCUT2D eigenvalue weighted by molar-refractivity contribution is 6.35. The lowest BCUT2D eigenvalue weighted by molar-refractivity contribution is 0.262. The van der Waals surface area contributed by atoms with Crippen molar-refractivity contribution >= 4 is 46.6 Å². The van der Waals surface area contributed by atoms with Crippen molar-refractivity contribution in [1.82, 2.24) is 9.97 Å². The van der Waals surface area contributed by atoms with Crippen LogP contribution >= 0.6 is 23.2 Å². The van der Waals surface area contributed by atoms with Gasteiger partial charge in [-0.1, -0.05) is 35.3 Å². The van der Waals surface area contributed by atoms with E-state index in [-0.39, 0.29) is 0 Å². The summed E-state index contributed by atoms with van der Waals surface area (Å²) in [5.74, 6) is 0.353. The number of aromatic amines is 1. The Bertz CT molecular complexity index is 856. The molecule has 5 N–H and O–H groups in total. The number of H-pyrrole nitrogens is 1. The SMILES string of the molecule is Nc1ncc(-c2ccc(NC(=O)Nc3cc(Cl)cc(Cl)c3)cc2)[nH]1. The number of imidazole rings is 1. The van der Waals surface area contributed by atoms with Gasteiger partial charge in [0.1, 0.15) is 0 Å². The van der Waals surface area contributed by atoms with Crippen molar-refractivity contribution in [1.29, 1.82) is 0 Å². The molecule has 0 fully saturated rings. The van der Waals surface area contributed by atoms with Crippen LogP contribution in [-0.4, -0.2) is 16.0 Å². The quantitative estimate of drug-likeness (QED) is 0.548. The molecular formula is C16H13Cl2N5O. The molecule has 1 heterocycles. The van der Waals surface area contributed by atoms with E-state index in [1.165, 1.54) is 0 Å². The van der Waals surface area contributed by atoms with E-state index < -0.39 is 6.03 Å². The minimum absolute atomic E-state index is 0.353. The van der Waals surface area contributed by atoms with Crippen LogP contribution < -0.4 is 16.4 Å². The van der Waals surface area contributed by atoms with Crippen LogP contribution in [-0.2, 0) is 0 Å². The third kappa shape index (κ3) is 3.98. The predicted octanol–water partition coefficient (Wildman–Crippen LogP) is 4.61. The highest BCUT2D eigenvalue weighted by Gasteiger charge is 2.06. The number of nitrogens with two attached hydrogens (primary N) is 1. The van der Waals surface area contributed by atoms with E-state index in [0.717, 1.165) is 11.3 Å². The van der Waals surface area contributed by atoms with Crippen molar-refractivity contribution in [3.63, 3.8) is 0 Å². The molecule has 0 unspecified atom stereocenters. The van der Waals surface area contributed by atoms with Gasteiger partial charge in [-0.15, -0.1) is 0 Å². The fraction of sp³-hybridized carbons (Fsp3) is 0. The number of urea groups is 1. The van der Waals surface area contributed by atoms with Crippen LogP contribution in [0.3, 0.4) is 0 Å². The Kier molecular flexibility index (Phi) is 4.59. The summed E-state index contributed by atoms with van der Waals surface area (Å²) in [7, 11) is 0. The molecule has 0 saturated carbocycles. The van der Waals surface area contributed by atoms with Gasteiger partial charge in [-0.2, -0.15) is 0 Å². The third-order valence-corrected chi connectivity index (χ3v) is 3.61. The van der Waals surface area contributed by atoms with Crippen molar-refractivity contribution in [2.45, 2.75) is 0 Å². The molecule has 0 aliphatic heterocycles. The molecule has 0 bridgehead atoms. The zero-order valence-electron chi connectivity index (χ0n) is 12.3. The first-order valence-electron chi connectivity index (χ1n) is 6.94. The Morgan fingerprint density at radius 1 is 1.00 bits per heavy atom. The van der Waals surface area contributed by atoms with E-state index in [1.54, 1.807) is 36.5 Å². The number of carbonyl (C=O) groups excluding carboxylic acids is 1. The van der Waals surface area contributed by atoms with Crippen molar-refractivity contribution in [3.8, 4) is 11.3 Å². The summed E-state index contributed by atoms with van der Waals surface area (Å²) in [6.07, 6.45) is 1.65. The number of nitrogen functional groups attached to an aromatic ring is 1. The van der Waals surface area contributed by atoms with Crippen LogP contribution in [0.2, 0.25) is 10.0 Å². The lowest BCUT2D eigenvalue weighted by Gasteiger charge is -2.09. The van der Waals surface area contributed by atoms with Gasteiger partial charge in [0.2, 0.25) is 0 Å². The van der Waals surface area contributed by atoms with Crippen LogP contribution in [0.25, 0.3) is 11.3 Å². The minimum atomic E-state index is -0.396. The molecule has 3 aromatic rings. The average Bonchev–Trinajstić information content (AvgIpc) is 2.93. The number of anilines is 3. The van der Waals surface area contributed by atoms with Gasteiger partial charge in [0, 0.05) is 21.4 Å². The van der Waals surface area contributed by atoms with E-state index in [4.69, 9.17) is 28.9 Å². The van der Waals surface area contributed by atoms with Gasteiger partial charge >= 0.3 is 6.03 Å². The van der Waals surface area contributed by atoms with Gasteiger partial charge in [-0.05, 0) is 35.9 Å². The Labute approximate surface area is 148 Å². The van der Waals surface area contributed by atoms with Crippen molar-refractivity contribution in [3.05, 3.63) is 58.7 Å². The normalized spacial score (nSPS) is 10.4. The molecule has 3 rings (SSSR count). The topological polar surface area (TPSA) is 95.8 Å². The molecule has 0 spiro atoms. The molecule has 1 aromatic heterocycles. The number of amides is 2. The standard InChI is InChI=1S/C16H13Cl2N5O/c17-10-5-11(18)7-13(6-10)22-16(24)21-12-3-1-9(2-4-12)14-8-20-15(19)23-14/h1-8H,(H3,19,20,23)(H2,21,22,24). The largest absolute Gasteiger partial charge is 0.369 e. The lowest BCUT2D eigenvalue weighted by Crippen LogP contribution is -2.19. The maximum Gasteiger partial charge on any atom is 0.323 e. The minimum Gasteiger partial charge on any atom is -0.369 e. The first kappa shape index (κ1) is 16.2. The molecule has 0 atom stereocenters. The maximum absolute atomic E-state index is 12.0. The molecule has 2 aromatic carbocycles. The summed E-state index contributed by atoms with van der Waals surface area (Å²) in [5.41, 5.74) is 8.41. The smallest absolute Gasteiger partial charge is 0.323 e. The Morgan fingerprint density at radius 3 is 2.21 bits per heavy atom. The summed E-state index contributed by atoms with van der Waals surface area (Å²) in [5, 5.41) is 6.29. The molecule has 24 heavy (non-hydrogen) atoms. The number of rotatable bonds is 3. The monoisotopic (exact) mass is 361 g/mol. The Balaban J connectivity index is 1.66. The molecular weight excluding hydrogens is 349 g/mol. The second-order valence-corrected chi connectivity index (χ2v) is 5.87. The van der Waals surface area contributed by atoms with Crippen LogP contribution in [0.1, 0.15) is 0 Å². The number of halogens is 2. The molecule has 0 saturated heterocycles. The molecule has 122 valence electrons. The molecule has 0 aliphatic carbocycles. The van der Waals surface area contributed by atoms with E-state index >= 15 is 0 Å². The van der Waals surface area contributed by atoms with Gasteiger partial charge in [-0.3, -0.25) is 0 Å². The van der Waals surface area contributed by atoms with Crippen molar-refractivity contribution in [2.75, 3.05) is 16.4 Å². The zero-order chi connectivity index (χ0) is 17.1. The predicted molar refractivity (Wildman–Crippen MR) is 97.5 cm³/mol. The molecule has 8 heteroatoms. The number of benzene rings is 2. The Morgan fingerprint density at radius 2 is 1.62 bits per heavy atom. The third-order valence-electron chi connectivity index (χ3n) is 3.17. The highest BCUT2D eigenvalue weighted by atomic mass is 35.5. The summed E-state index contributed by atoms with van der Waals surface area (Å²) < 4.78 is 0. The van der Waals surface area contributed by atoms with E-state index in [1.807, 2.05) is 12.1 Å². The molecule has 2 amide bonds. The van der Waals surface area contributed by atoms with Gasteiger partial charge in [-0.25, -0.2) is 9.78 Å². The summed E-state index contributed by atoms with van der Waals surface area (Å²) >= 11 is 11.8. The molecule has 0 aliphatic rings. The number of carbonyl (C=O) groups is 1. The average molecular weight is 362 g/mol. The van der Waals surface area contributed by atoms with Crippen molar-refractivity contribution in [2.24, 2.45) is 0 Å². The molecule has 6 nitrogen and oxygen atoms in total. The number of hydrogen-bond acceptors (Lipinski definition) is 3. The van der Waals surface area contributed by atoms with Gasteiger partial charge in [0.25, 0.3) is 0 Å². The summed E-state index contributed by atoms with van der Waals surface area (Å²) in [6.45, 7) is 0. The Hall–Kier alpha value is -2.70. The van der Waals surface area contributed by atoms with E-state index in [9.17, 15) is 4.79 Å². The number of nitrogens with zero attached hydrogens (tertiary/aromatic N) is 1. The first-order chi connectivity index (χ1) is 11.5. The fourth-order valence-corrected chi connectivity index (χ4v) is 2.66. The van der Waals surface area contributed by atoms with Crippen molar-refractivity contribution < 1.29 is 4.79 Å². The second-order valence-electron chi connectivity index (χ2n) is 5.00. The van der Waals surface area contributed by atoms with E-state index in [0.29, 0.717) is 27.4 Å². The molecule has 0 radical (unpaired) electrons. The zero-order valence-corrected chi connectivity index (χ0v) is 13.8. The number of nitrogens with one attached hydrogen (secondary N) is 3. The summed E-state index contributed by atoms with van der Waals surface area (Å²) in [4.78, 5) is 18.9. The lowest BCUT2D eigenvalue weighted by atomic mass is 10.1. The van der Waals surface area contributed by atoms with Gasteiger partial charge < -0.3 is 21.4 Å². The second kappa shape index (κ2) is 6.82. The van der Waals surface area contributed by atoms with Crippen LogP contribution in [0.5, 0.6) is 0 Å². The fourth-order valence-electron chi connectivity index (χ4n) is 2.14. The van der Waals surface area contributed by atoms with Gasteiger partial charge in [0.05, 0.1) is 11.9 Å². The summed E-state index contributed by atoms with van der Waals surface area (Å²) in [6, 6.07) is 11.7. The van der Waals surface area contributed by atoms with E-state index in [2.05, 4.69) is 20.6 Å². The first-order valence-corrected chi connectivity index (χ1v) is 7.70.